The fourth-order valence-electron chi connectivity index (χ4n) is 3.93. The number of rotatable bonds is 5. The molecule has 0 atom stereocenters. The van der Waals surface area contributed by atoms with Gasteiger partial charge in [-0.2, -0.15) is 0 Å². The fraction of sp³-hybridized carbons (Fsp3) is 0.364. The summed E-state index contributed by atoms with van der Waals surface area (Å²) in [6.07, 6.45) is 5.82. The first kappa shape index (κ1) is 17.3. The first-order valence-corrected chi connectivity index (χ1v) is 9.98. The number of nitrogens with zero attached hydrogens (tertiary/aromatic N) is 4. The molecule has 1 fully saturated rings. The molecule has 2 aliphatic heterocycles. The summed E-state index contributed by atoms with van der Waals surface area (Å²) in [6.45, 7) is 4.61. The average molecular weight is 376 g/mol. The molecule has 1 saturated heterocycles. The van der Waals surface area contributed by atoms with E-state index in [4.69, 9.17) is 19.5 Å². The predicted molar refractivity (Wildman–Crippen MR) is 110 cm³/mol. The molecule has 0 bridgehead atoms. The van der Waals surface area contributed by atoms with Crippen molar-refractivity contribution in [2.24, 2.45) is 4.99 Å². The lowest BCUT2D eigenvalue weighted by Gasteiger charge is -2.26. The Morgan fingerprint density at radius 1 is 0.964 bits per heavy atom. The molecule has 5 rings (SSSR count). The van der Waals surface area contributed by atoms with E-state index in [0.717, 1.165) is 47.1 Å². The Kier molecular flexibility index (Phi) is 4.71. The Bertz CT molecular complexity index is 1000. The van der Waals surface area contributed by atoms with Crippen LogP contribution in [0.1, 0.15) is 24.8 Å². The van der Waals surface area contributed by atoms with Crippen molar-refractivity contribution < 1.29 is 9.47 Å². The molecule has 0 radical (unpaired) electrons. The van der Waals surface area contributed by atoms with Crippen LogP contribution in [0.4, 0.5) is 5.95 Å². The zero-order chi connectivity index (χ0) is 18.8. The number of imidazole rings is 1. The Morgan fingerprint density at radius 3 is 2.75 bits per heavy atom. The zero-order valence-electron chi connectivity index (χ0n) is 15.9. The quantitative estimate of drug-likeness (QED) is 0.632. The number of likely N-dealkylation sites (tertiary alicyclic amines) is 1. The Morgan fingerprint density at radius 2 is 1.82 bits per heavy atom. The molecule has 0 spiro atoms. The molecular weight excluding hydrogens is 352 g/mol. The second kappa shape index (κ2) is 7.64. The molecule has 0 N–H and O–H groups in total. The maximum atomic E-state index is 5.46. The van der Waals surface area contributed by atoms with E-state index in [1.807, 2.05) is 36.5 Å². The standard InChI is InChI=1S/C22H24N4O2/c1-4-10-25(11-5-1)12-13-26-19-7-3-2-6-18(19)24-22(26)23-15-17-8-9-20-21(14-17)28-16-27-20/h2-3,6-9,14-15H,1,4-5,10-13,16H2. The number of benzene rings is 2. The van der Waals surface area contributed by atoms with Gasteiger partial charge in [-0.3, -0.25) is 0 Å². The van der Waals surface area contributed by atoms with Crippen molar-refractivity contribution in [1.82, 2.24) is 14.5 Å². The van der Waals surface area contributed by atoms with Gasteiger partial charge in [0, 0.05) is 19.3 Å². The lowest BCUT2D eigenvalue weighted by molar-refractivity contribution is 0.174. The van der Waals surface area contributed by atoms with E-state index in [9.17, 15) is 0 Å². The molecule has 28 heavy (non-hydrogen) atoms. The van der Waals surface area contributed by atoms with E-state index in [1.165, 1.54) is 32.4 Å². The van der Waals surface area contributed by atoms with Gasteiger partial charge in [0.15, 0.2) is 11.5 Å². The van der Waals surface area contributed by atoms with Crippen molar-refractivity contribution in [3.63, 3.8) is 0 Å². The van der Waals surface area contributed by atoms with E-state index < -0.39 is 0 Å². The molecule has 2 aromatic carbocycles. The molecule has 2 aliphatic rings. The Labute approximate surface area is 164 Å². The molecule has 6 heteroatoms. The van der Waals surface area contributed by atoms with Crippen LogP contribution in [-0.2, 0) is 6.54 Å². The largest absolute Gasteiger partial charge is 0.454 e. The summed E-state index contributed by atoms with van der Waals surface area (Å²) in [6, 6.07) is 14.1. The van der Waals surface area contributed by atoms with Crippen LogP contribution in [0.3, 0.4) is 0 Å². The highest BCUT2D eigenvalue weighted by molar-refractivity contribution is 5.84. The smallest absolute Gasteiger partial charge is 0.231 e. The number of hydrogen-bond donors (Lipinski definition) is 0. The van der Waals surface area contributed by atoms with E-state index in [2.05, 4.69) is 21.6 Å². The summed E-state index contributed by atoms with van der Waals surface area (Å²) < 4.78 is 13.1. The van der Waals surface area contributed by atoms with Crippen LogP contribution in [0, 0.1) is 0 Å². The SMILES string of the molecule is C(=Nc1nc2ccccc2n1CCN1CCCCC1)c1ccc2c(c1)OCO2. The third-order valence-corrected chi connectivity index (χ3v) is 5.45. The van der Waals surface area contributed by atoms with Crippen molar-refractivity contribution in [3.05, 3.63) is 48.0 Å². The number of para-hydroxylation sites is 2. The summed E-state index contributed by atoms with van der Waals surface area (Å²) in [7, 11) is 0. The van der Waals surface area contributed by atoms with Gasteiger partial charge in [0.1, 0.15) is 0 Å². The predicted octanol–water partition coefficient (Wildman–Crippen LogP) is 4.00. The number of hydrogen-bond acceptors (Lipinski definition) is 5. The van der Waals surface area contributed by atoms with Crippen LogP contribution in [0.5, 0.6) is 11.5 Å². The van der Waals surface area contributed by atoms with Crippen molar-refractivity contribution in [1.29, 1.82) is 0 Å². The highest BCUT2D eigenvalue weighted by atomic mass is 16.7. The normalized spacial score (nSPS) is 17.0. The first-order valence-electron chi connectivity index (χ1n) is 9.98. The molecule has 1 aromatic heterocycles. The van der Waals surface area contributed by atoms with Crippen LogP contribution < -0.4 is 9.47 Å². The van der Waals surface area contributed by atoms with Crippen molar-refractivity contribution in [3.8, 4) is 11.5 Å². The molecule has 0 aliphatic carbocycles. The second-order valence-corrected chi connectivity index (χ2v) is 7.33. The van der Waals surface area contributed by atoms with E-state index in [1.54, 1.807) is 0 Å². The maximum absolute atomic E-state index is 5.46. The van der Waals surface area contributed by atoms with Crippen LogP contribution in [0.2, 0.25) is 0 Å². The molecule has 3 aromatic rings. The fourth-order valence-corrected chi connectivity index (χ4v) is 3.93. The molecule has 3 heterocycles. The molecule has 0 unspecified atom stereocenters. The topological polar surface area (TPSA) is 51.9 Å². The number of piperidine rings is 1. The van der Waals surface area contributed by atoms with E-state index in [0.29, 0.717) is 0 Å². The minimum Gasteiger partial charge on any atom is -0.454 e. The van der Waals surface area contributed by atoms with Crippen LogP contribution in [0.25, 0.3) is 11.0 Å². The molecule has 0 saturated carbocycles. The summed E-state index contributed by atoms with van der Waals surface area (Å²) in [5, 5.41) is 0. The first-order chi connectivity index (χ1) is 13.9. The van der Waals surface area contributed by atoms with Gasteiger partial charge in [-0.15, -0.1) is 0 Å². The van der Waals surface area contributed by atoms with Crippen LogP contribution >= 0.6 is 0 Å². The van der Waals surface area contributed by atoms with Gasteiger partial charge < -0.3 is 18.9 Å². The third kappa shape index (κ3) is 3.47. The summed E-state index contributed by atoms with van der Waals surface area (Å²) >= 11 is 0. The number of ether oxygens (including phenoxy) is 2. The molecule has 0 amide bonds. The van der Waals surface area contributed by atoms with Gasteiger partial charge in [-0.05, 0) is 61.8 Å². The monoisotopic (exact) mass is 376 g/mol. The van der Waals surface area contributed by atoms with E-state index in [-0.39, 0.29) is 6.79 Å². The van der Waals surface area contributed by atoms with Gasteiger partial charge in [0.05, 0.1) is 11.0 Å². The third-order valence-electron chi connectivity index (χ3n) is 5.45. The summed E-state index contributed by atoms with van der Waals surface area (Å²) in [4.78, 5) is 12.0. The number of aromatic nitrogens is 2. The lowest BCUT2D eigenvalue weighted by Crippen LogP contribution is -2.32. The van der Waals surface area contributed by atoms with Gasteiger partial charge in [0.25, 0.3) is 0 Å². The summed E-state index contributed by atoms with van der Waals surface area (Å²) in [5.74, 6) is 2.30. The Balaban J connectivity index is 1.41. The van der Waals surface area contributed by atoms with Gasteiger partial charge in [-0.1, -0.05) is 18.6 Å². The number of aliphatic imine (C=N–C) groups is 1. The minimum atomic E-state index is 0.280. The number of fused-ring (bicyclic) bond motifs is 2. The van der Waals surface area contributed by atoms with E-state index >= 15 is 0 Å². The van der Waals surface area contributed by atoms with Gasteiger partial charge in [0.2, 0.25) is 12.7 Å². The van der Waals surface area contributed by atoms with Crippen molar-refractivity contribution >= 4 is 23.2 Å². The molecular formula is C22H24N4O2. The highest BCUT2D eigenvalue weighted by Gasteiger charge is 2.15. The zero-order valence-corrected chi connectivity index (χ0v) is 15.9. The minimum absolute atomic E-state index is 0.280. The van der Waals surface area contributed by atoms with Gasteiger partial charge >= 0.3 is 0 Å². The van der Waals surface area contributed by atoms with Crippen molar-refractivity contribution in [2.75, 3.05) is 26.4 Å². The summed E-state index contributed by atoms with van der Waals surface area (Å²) in [5.41, 5.74) is 3.09. The van der Waals surface area contributed by atoms with Crippen LogP contribution in [-0.4, -0.2) is 47.1 Å². The highest BCUT2D eigenvalue weighted by Crippen LogP contribution is 2.32. The van der Waals surface area contributed by atoms with Gasteiger partial charge in [-0.25, -0.2) is 9.98 Å². The van der Waals surface area contributed by atoms with Crippen LogP contribution in [0.15, 0.2) is 47.5 Å². The average Bonchev–Trinajstić information content (AvgIpc) is 3.35. The lowest BCUT2D eigenvalue weighted by atomic mass is 10.1. The Hall–Kier alpha value is -2.86. The molecule has 6 nitrogen and oxygen atoms in total. The van der Waals surface area contributed by atoms with Crippen molar-refractivity contribution in [2.45, 2.75) is 25.8 Å². The maximum Gasteiger partial charge on any atom is 0.231 e. The second-order valence-electron chi connectivity index (χ2n) is 7.33. The molecule has 144 valence electrons.